The lowest BCUT2D eigenvalue weighted by molar-refractivity contribution is -0.413. The number of hydrogen-bond donors (Lipinski definition) is 2. The summed E-state index contributed by atoms with van der Waals surface area (Å²) >= 11 is 0. The number of carbonyl (C=O) groups is 2. The van der Waals surface area contributed by atoms with Gasteiger partial charge in [0, 0.05) is 0 Å². The van der Waals surface area contributed by atoms with Crippen molar-refractivity contribution in [3.63, 3.8) is 0 Å². The summed E-state index contributed by atoms with van der Waals surface area (Å²) in [4.78, 5) is 19.9. The molecule has 0 fully saturated rings. The first-order chi connectivity index (χ1) is 9.68. The lowest BCUT2D eigenvalue weighted by Gasteiger charge is -2.06. The van der Waals surface area contributed by atoms with Gasteiger partial charge in [-0.1, -0.05) is 30.3 Å². The van der Waals surface area contributed by atoms with E-state index in [0.717, 1.165) is 5.56 Å². The summed E-state index contributed by atoms with van der Waals surface area (Å²) in [5.41, 5.74) is 4.37. The minimum Gasteiger partial charge on any atom is -0.542 e. The minimum absolute atomic E-state index is 0.228. The molecule has 0 heterocycles. The van der Waals surface area contributed by atoms with Crippen molar-refractivity contribution in [2.75, 3.05) is 6.61 Å². The SMILES string of the molecule is O=C([O-])C(F)(F)F.[NH3+][C@@H](CO)C(=O)OCc1ccccc1. The van der Waals surface area contributed by atoms with Crippen LogP contribution in [-0.2, 0) is 20.9 Å². The molecule has 6 nitrogen and oxygen atoms in total. The topological polar surface area (TPSA) is 114 Å². The first-order valence-electron chi connectivity index (χ1n) is 5.61. The molecule has 1 rings (SSSR count). The van der Waals surface area contributed by atoms with E-state index in [4.69, 9.17) is 19.7 Å². The first-order valence-corrected chi connectivity index (χ1v) is 5.61. The van der Waals surface area contributed by atoms with E-state index in [1.54, 1.807) is 0 Å². The average molecular weight is 309 g/mol. The molecule has 0 saturated carbocycles. The number of carbonyl (C=O) groups excluding carboxylic acids is 2. The zero-order valence-electron chi connectivity index (χ0n) is 10.8. The molecule has 0 saturated heterocycles. The van der Waals surface area contributed by atoms with Crippen LogP contribution >= 0.6 is 0 Å². The maximum absolute atomic E-state index is 11.1. The number of aliphatic hydroxyl groups is 1. The second-order valence-electron chi connectivity index (χ2n) is 3.76. The monoisotopic (exact) mass is 309 g/mol. The summed E-state index contributed by atoms with van der Waals surface area (Å²) in [5, 5.41) is 17.4. The van der Waals surface area contributed by atoms with E-state index < -0.39 is 24.2 Å². The molecule has 1 aromatic rings. The van der Waals surface area contributed by atoms with Gasteiger partial charge in [-0.05, 0) is 5.56 Å². The Bertz CT molecular complexity index is 450. The third kappa shape index (κ3) is 8.60. The number of esters is 1. The van der Waals surface area contributed by atoms with Crippen molar-refractivity contribution in [1.82, 2.24) is 0 Å². The molecule has 1 atom stereocenters. The number of alkyl halides is 3. The maximum Gasteiger partial charge on any atom is 0.430 e. The van der Waals surface area contributed by atoms with Gasteiger partial charge in [0.05, 0.1) is 0 Å². The van der Waals surface area contributed by atoms with Gasteiger partial charge in [-0.3, -0.25) is 0 Å². The van der Waals surface area contributed by atoms with Crippen LogP contribution in [0.25, 0.3) is 0 Å². The van der Waals surface area contributed by atoms with Gasteiger partial charge in [-0.25, -0.2) is 4.79 Å². The van der Waals surface area contributed by atoms with Gasteiger partial charge in [0.15, 0.2) is 0 Å². The van der Waals surface area contributed by atoms with Crippen LogP contribution < -0.4 is 10.8 Å². The fourth-order valence-corrected chi connectivity index (χ4v) is 0.921. The molecular formula is C12H14F3NO5. The molecule has 9 heteroatoms. The number of carboxylic acid groups (broad SMARTS) is 1. The largest absolute Gasteiger partial charge is 0.542 e. The summed E-state index contributed by atoms with van der Waals surface area (Å²) in [6.45, 7) is -0.0562. The number of rotatable bonds is 4. The van der Waals surface area contributed by atoms with Crippen LogP contribution in [0.2, 0.25) is 0 Å². The number of aliphatic hydroxyl groups excluding tert-OH is 1. The van der Waals surface area contributed by atoms with Crippen LogP contribution in [0.5, 0.6) is 0 Å². The Kier molecular flexibility index (Phi) is 8.02. The molecule has 0 amide bonds. The quantitative estimate of drug-likeness (QED) is 0.666. The average Bonchev–Trinajstić information content (AvgIpc) is 2.44. The van der Waals surface area contributed by atoms with Gasteiger partial charge < -0.3 is 25.5 Å². The highest BCUT2D eigenvalue weighted by Gasteiger charge is 2.28. The summed E-state index contributed by atoms with van der Waals surface area (Å²) < 4.78 is 36.5. The minimum atomic E-state index is -5.19. The van der Waals surface area contributed by atoms with E-state index in [2.05, 4.69) is 5.73 Å². The highest BCUT2D eigenvalue weighted by atomic mass is 19.4. The molecule has 1 aromatic carbocycles. The number of halogens is 3. The van der Waals surface area contributed by atoms with Crippen molar-refractivity contribution in [1.29, 1.82) is 0 Å². The van der Waals surface area contributed by atoms with Crippen molar-refractivity contribution in [2.24, 2.45) is 0 Å². The fourth-order valence-electron chi connectivity index (χ4n) is 0.921. The van der Waals surface area contributed by atoms with Gasteiger partial charge in [0.2, 0.25) is 6.04 Å². The number of ether oxygens (including phenoxy) is 1. The molecule has 0 aromatic heterocycles. The predicted molar refractivity (Wildman–Crippen MR) is 61.1 cm³/mol. The number of hydrogen-bond acceptors (Lipinski definition) is 5. The Balaban J connectivity index is 0.000000486. The van der Waals surface area contributed by atoms with Crippen LogP contribution in [0.15, 0.2) is 30.3 Å². The van der Waals surface area contributed by atoms with E-state index in [-0.39, 0.29) is 13.2 Å². The van der Waals surface area contributed by atoms with E-state index >= 15 is 0 Å². The van der Waals surface area contributed by atoms with Gasteiger partial charge >= 0.3 is 12.1 Å². The second-order valence-corrected chi connectivity index (χ2v) is 3.76. The molecule has 0 aliphatic carbocycles. The van der Waals surface area contributed by atoms with Crippen molar-refractivity contribution < 1.29 is 43.4 Å². The third-order valence-corrected chi connectivity index (χ3v) is 2.01. The maximum atomic E-state index is 11.1. The zero-order chi connectivity index (χ0) is 16.5. The van der Waals surface area contributed by atoms with Crippen molar-refractivity contribution in [3.05, 3.63) is 35.9 Å². The molecule has 0 aliphatic heterocycles. The highest BCUT2D eigenvalue weighted by Crippen LogP contribution is 2.11. The molecule has 0 spiro atoms. The Morgan fingerprint density at radius 2 is 1.76 bits per heavy atom. The van der Waals surface area contributed by atoms with Crippen molar-refractivity contribution in [3.8, 4) is 0 Å². The Labute approximate surface area is 117 Å². The van der Waals surface area contributed by atoms with Crippen LogP contribution in [0.3, 0.4) is 0 Å². The number of benzene rings is 1. The molecule has 0 bridgehead atoms. The van der Waals surface area contributed by atoms with E-state index in [1.807, 2.05) is 30.3 Å². The smallest absolute Gasteiger partial charge is 0.430 e. The number of quaternary nitrogens is 1. The van der Waals surface area contributed by atoms with Crippen LogP contribution in [0, 0.1) is 0 Å². The molecule has 0 aliphatic rings. The van der Waals surface area contributed by atoms with Crippen molar-refractivity contribution in [2.45, 2.75) is 18.8 Å². The zero-order valence-corrected chi connectivity index (χ0v) is 10.8. The summed E-state index contributed by atoms with van der Waals surface area (Å²) in [6, 6.07) is 8.67. The highest BCUT2D eigenvalue weighted by molar-refractivity contribution is 5.74. The predicted octanol–water partition coefficient (Wildman–Crippen LogP) is -1.37. The normalized spacial score (nSPS) is 11.9. The Morgan fingerprint density at radius 3 is 2.14 bits per heavy atom. The van der Waals surface area contributed by atoms with Crippen molar-refractivity contribution >= 4 is 11.9 Å². The Hall–Kier alpha value is -2.13. The van der Waals surface area contributed by atoms with E-state index in [1.165, 1.54) is 0 Å². The fraction of sp³-hybridized carbons (Fsp3) is 0.333. The molecule has 118 valence electrons. The molecule has 4 N–H and O–H groups in total. The lowest BCUT2D eigenvalue weighted by atomic mass is 10.2. The van der Waals surface area contributed by atoms with Crippen LogP contribution in [-0.4, -0.2) is 35.9 Å². The van der Waals surface area contributed by atoms with Crippen LogP contribution in [0.4, 0.5) is 13.2 Å². The van der Waals surface area contributed by atoms with Gasteiger partial charge in [0.25, 0.3) is 0 Å². The third-order valence-electron chi connectivity index (χ3n) is 2.01. The summed E-state index contributed by atoms with van der Waals surface area (Å²) in [6.07, 6.45) is -5.19. The summed E-state index contributed by atoms with van der Waals surface area (Å²) in [5.74, 6) is -3.48. The lowest BCUT2D eigenvalue weighted by Crippen LogP contribution is -2.67. The molecule has 0 unspecified atom stereocenters. The number of aliphatic carboxylic acids is 1. The van der Waals surface area contributed by atoms with Gasteiger partial charge in [-0.15, -0.1) is 0 Å². The Morgan fingerprint density at radius 1 is 1.29 bits per heavy atom. The van der Waals surface area contributed by atoms with Crippen LogP contribution in [0.1, 0.15) is 5.56 Å². The molecular weight excluding hydrogens is 295 g/mol. The van der Waals surface area contributed by atoms with E-state index in [0.29, 0.717) is 0 Å². The first kappa shape index (κ1) is 18.9. The van der Waals surface area contributed by atoms with Gasteiger partial charge in [-0.2, -0.15) is 13.2 Å². The number of carboxylic acids is 1. The van der Waals surface area contributed by atoms with Gasteiger partial charge in [0.1, 0.15) is 19.2 Å². The standard InChI is InChI=1S/C10H13NO3.C2HF3O2/c11-9(6-12)10(13)14-7-8-4-2-1-3-5-8;3-2(4,5)1(6)7/h1-5,9,12H,6-7,11H2;(H,6,7)/t9-;/m0./s1. The van der Waals surface area contributed by atoms with E-state index in [9.17, 15) is 18.0 Å². The molecule has 0 radical (unpaired) electrons. The second kappa shape index (κ2) is 8.93. The molecule has 21 heavy (non-hydrogen) atoms. The summed E-state index contributed by atoms with van der Waals surface area (Å²) in [7, 11) is 0.